The van der Waals surface area contributed by atoms with E-state index in [1.54, 1.807) is 48.5 Å². The Morgan fingerprint density at radius 3 is 2.44 bits per heavy atom. The fourth-order valence-corrected chi connectivity index (χ4v) is 2.74. The lowest BCUT2D eigenvalue weighted by atomic mass is 9.98. The third kappa shape index (κ3) is 4.03. The van der Waals surface area contributed by atoms with Gasteiger partial charge in [-0.05, 0) is 35.9 Å². The highest BCUT2D eigenvalue weighted by Crippen LogP contribution is 2.19. The molecule has 2 aromatic carbocycles. The molecule has 0 bridgehead atoms. The second-order valence-electron chi connectivity index (χ2n) is 5.93. The van der Waals surface area contributed by atoms with E-state index in [1.165, 1.54) is 7.11 Å². The van der Waals surface area contributed by atoms with E-state index in [4.69, 9.17) is 9.47 Å². The molecule has 2 amide bonds. The number of ketones is 1. The van der Waals surface area contributed by atoms with Crippen molar-refractivity contribution in [1.82, 2.24) is 4.90 Å². The molecule has 0 spiro atoms. The first-order valence-electron chi connectivity index (χ1n) is 8.25. The van der Waals surface area contributed by atoms with Crippen LogP contribution >= 0.6 is 0 Å². The predicted molar refractivity (Wildman–Crippen MR) is 94.5 cm³/mol. The summed E-state index contributed by atoms with van der Waals surface area (Å²) in [6, 6.07) is 13.1. The molecule has 0 fully saturated rings. The number of Topliss-reactive ketones (excluding diaryl/α,β-unsaturated/α-hetero) is 1. The van der Waals surface area contributed by atoms with Crippen LogP contribution < -0.4 is 4.74 Å². The van der Waals surface area contributed by atoms with E-state index in [9.17, 15) is 19.2 Å². The minimum absolute atomic E-state index is 0.0416. The molecule has 0 aromatic heterocycles. The van der Waals surface area contributed by atoms with Gasteiger partial charge in [0.1, 0.15) is 12.3 Å². The molecule has 0 unspecified atom stereocenters. The van der Waals surface area contributed by atoms with Crippen molar-refractivity contribution >= 4 is 23.6 Å². The molecular weight excluding hydrogens is 350 g/mol. The summed E-state index contributed by atoms with van der Waals surface area (Å²) in [5, 5.41) is 0. The van der Waals surface area contributed by atoms with Crippen LogP contribution in [-0.4, -0.2) is 48.7 Å². The monoisotopic (exact) mass is 367 g/mol. The Morgan fingerprint density at radius 2 is 1.74 bits per heavy atom. The second-order valence-corrected chi connectivity index (χ2v) is 5.93. The maximum atomic E-state index is 12.4. The van der Waals surface area contributed by atoms with Gasteiger partial charge < -0.3 is 9.47 Å². The standard InChI is InChI=1S/C20H17NO6/c1-26-15-8-6-13(7-9-15)17(22)12-27-19(24)11-21-18(23)10-14-4-2-3-5-16(14)20(21)25/h2-9H,10-12H2,1H3. The van der Waals surface area contributed by atoms with Crippen LogP contribution in [0, 0.1) is 0 Å². The van der Waals surface area contributed by atoms with Crippen molar-refractivity contribution in [1.29, 1.82) is 0 Å². The van der Waals surface area contributed by atoms with Crippen molar-refractivity contribution in [3.63, 3.8) is 0 Å². The van der Waals surface area contributed by atoms with Gasteiger partial charge in [0.25, 0.3) is 5.91 Å². The summed E-state index contributed by atoms with van der Waals surface area (Å²) in [6.45, 7) is -1.00. The third-order valence-corrected chi connectivity index (χ3v) is 4.20. The van der Waals surface area contributed by atoms with E-state index in [0.717, 1.165) is 4.90 Å². The molecule has 1 aliphatic heterocycles. The van der Waals surface area contributed by atoms with Crippen LogP contribution in [0.3, 0.4) is 0 Å². The first kappa shape index (κ1) is 18.3. The minimum atomic E-state index is -0.821. The summed E-state index contributed by atoms with van der Waals surface area (Å²) < 4.78 is 9.95. The summed E-state index contributed by atoms with van der Waals surface area (Å²) in [7, 11) is 1.51. The molecule has 0 saturated heterocycles. The van der Waals surface area contributed by atoms with E-state index in [2.05, 4.69) is 0 Å². The number of ether oxygens (including phenoxy) is 2. The number of hydrogen-bond acceptors (Lipinski definition) is 6. The highest BCUT2D eigenvalue weighted by Gasteiger charge is 2.32. The number of benzene rings is 2. The molecule has 0 radical (unpaired) electrons. The predicted octanol–water partition coefficient (Wildman–Crippen LogP) is 1.65. The summed E-state index contributed by atoms with van der Waals surface area (Å²) in [5.74, 6) is -1.63. The maximum absolute atomic E-state index is 12.4. The Bertz CT molecular complexity index is 903. The number of methoxy groups -OCH3 is 1. The fourth-order valence-electron chi connectivity index (χ4n) is 2.74. The van der Waals surface area contributed by atoms with Crippen LogP contribution in [-0.2, 0) is 20.7 Å². The molecule has 7 heteroatoms. The van der Waals surface area contributed by atoms with Crippen molar-refractivity contribution < 1.29 is 28.7 Å². The van der Waals surface area contributed by atoms with Gasteiger partial charge in [0.2, 0.25) is 5.91 Å². The van der Waals surface area contributed by atoms with E-state index in [1.807, 2.05) is 0 Å². The summed E-state index contributed by atoms with van der Waals surface area (Å²) in [5.41, 5.74) is 1.38. The molecular formula is C20H17NO6. The molecule has 138 valence electrons. The zero-order valence-electron chi connectivity index (χ0n) is 14.6. The maximum Gasteiger partial charge on any atom is 0.326 e. The molecule has 1 aliphatic rings. The van der Waals surface area contributed by atoms with Gasteiger partial charge in [0, 0.05) is 11.1 Å². The number of fused-ring (bicyclic) bond motifs is 1. The van der Waals surface area contributed by atoms with Gasteiger partial charge in [-0.15, -0.1) is 0 Å². The van der Waals surface area contributed by atoms with E-state index in [-0.39, 0.29) is 6.42 Å². The van der Waals surface area contributed by atoms with Gasteiger partial charge >= 0.3 is 5.97 Å². The fraction of sp³-hybridized carbons (Fsp3) is 0.200. The lowest BCUT2D eigenvalue weighted by Gasteiger charge is -2.25. The van der Waals surface area contributed by atoms with Crippen molar-refractivity contribution in [3.8, 4) is 5.75 Å². The molecule has 7 nitrogen and oxygen atoms in total. The average Bonchev–Trinajstić information content (AvgIpc) is 2.69. The highest BCUT2D eigenvalue weighted by atomic mass is 16.5. The Kier molecular flexibility index (Phi) is 5.30. The molecule has 3 rings (SSSR count). The van der Waals surface area contributed by atoms with Crippen LogP contribution in [0.15, 0.2) is 48.5 Å². The lowest BCUT2D eigenvalue weighted by molar-refractivity contribution is -0.146. The van der Waals surface area contributed by atoms with Crippen molar-refractivity contribution in [2.45, 2.75) is 6.42 Å². The highest BCUT2D eigenvalue weighted by molar-refractivity contribution is 6.11. The Morgan fingerprint density at radius 1 is 1.04 bits per heavy atom. The largest absolute Gasteiger partial charge is 0.497 e. The van der Waals surface area contributed by atoms with Gasteiger partial charge in [-0.1, -0.05) is 18.2 Å². The first-order valence-corrected chi connectivity index (χ1v) is 8.25. The zero-order valence-corrected chi connectivity index (χ0v) is 14.6. The van der Waals surface area contributed by atoms with Crippen LogP contribution in [0.1, 0.15) is 26.3 Å². The number of rotatable bonds is 6. The molecule has 0 atom stereocenters. The van der Waals surface area contributed by atoms with Crippen molar-refractivity contribution in [2.75, 3.05) is 20.3 Å². The molecule has 0 saturated carbocycles. The summed E-state index contributed by atoms with van der Waals surface area (Å²) in [6.07, 6.45) is 0.0416. The number of nitrogens with zero attached hydrogens (tertiary/aromatic N) is 1. The number of imide groups is 1. The van der Waals surface area contributed by atoms with E-state index >= 15 is 0 Å². The zero-order chi connectivity index (χ0) is 19.4. The quantitative estimate of drug-likeness (QED) is 0.438. The molecule has 0 aliphatic carbocycles. The Labute approximate surface area is 155 Å². The normalized spacial score (nSPS) is 13.1. The van der Waals surface area contributed by atoms with Gasteiger partial charge in [0.05, 0.1) is 13.5 Å². The van der Waals surface area contributed by atoms with Gasteiger partial charge in [0.15, 0.2) is 12.4 Å². The smallest absolute Gasteiger partial charge is 0.326 e. The molecule has 27 heavy (non-hydrogen) atoms. The van der Waals surface area contributed by atoms with Crippen LogP contribution in [0.25, 0.3) is 0 Å². The second kappa shape index (κ2) is 7.82. The number of carbonyl (C=O) groups excluding carboxylic acids is 4. The Balaban J connectivity index is 1.58. The van der Waals surface area contributed by atoms with Crippen LogP contribution in [0.4, 0.5) is 0 Å². The van der Waals surface area contributed by atoms with Gasteiger partial charge in [-0.2, -0.15) is 0 Å². The van der Waals surface area contributed by atoms with Crippen LogP contribution in [0.2, 0.25) is 0 Å². The van der Waals surface area contributed by atoms with E-state index in [0.29, 0.717) is 22.4 Å². The van der Waals surface area contributed by atoms with Crippen LogP contribution in [0.5, 0.6) is 5.75 Å². The molecule has 0 N–H and O–H groups in total. The van der Waals surface area contributed by atoms with Gasteiger partial charge in [-0.3, -0.25) is 24.1 Å². The number of carbonyl (C=O) groups is 4. The minimum Gasteiger partial charge on any atom is -0.497 e. The topological polar surface area (TPSA) is 90.0 Å². The lowest BCUT2D eigenvalue weighted by Crippen LogP contribution is -2.45. The molecule has 2 aromatic rings. The SMILES string of the molecule is COc1ccc(C(=O)COC(=O)CN2C(=O)Cc3ccccc3C2=O)cc1. The van der Waals surface area contributed by atoms with Crippen molar-refractivity contribution in [2.24, 2.45) is 0 Å². The van der Waals surface area contributed by atoms with Gasteiger partial charge in [-0.25, -0.2) is 0 Å². The third-order valence-electron chi connectivity index (χ3n) is 4.20. The number of esters is 1. The number of hydrogen-bond donors (Lipinski definition) is 0. The Hall–Kier alpha value is -3.48. The average molecular weight is 367 g/mol. The first-order chi connectivity index (χ1) is 13.0. The molecule has 1 heterocycles. The van der Waals surface area contributed by atoms with E-state index < -0.39 is 36.7 Å². The summed E-state index contributed by atoms with van der Waals surface area (Å²) >= 11 is 0. The van der Waals surface area contributed by atoms with Crippen molar-refractivity contribution in [3.05, 3.63) is 65.2 Å². The number of amides is 2. The summed E-state index contributed by atoms with van der Waals surface area (Å²) in [4.78, 5) is 49.5.